The predicted octanol–water partition coefficient (Wildman–Crippen LogP) is 4.18. The lowest BCUT2D eigenvalue weighted by atomic mass is 10.0. The van der Waals surface area contributed by atoms with Gasteiger partial charge in [0, 0.05) is 19.5 Å². The second-order valence-corrected chi connectivity index (χ2v) is 12.1. The second kappa shape index (κ2) is 14.0. The molecule has 0 heterocycles. The Morgan fingerprint density at radius 1 is 0.925 bits per heavy atom. The normalized spacial score (nSPS) is 12.1. The van der Waals surface area contributed by atoms with Crippen LogP contribution in [0.15, 0.2) is 78.9 Å². The minimum absolute atomic E-state index is 0.141. The lowest BCUT2D eigenvalue weighted by Crippen LogP contribution is -2.53. The van der Waals surface area contributed by atoms with E-state index < -0.39 is 28.5 Å². The summed E-state index contributed by atoms with van der Waals surface area (Å²) >= 11 is 0. The van der Waals surface area contributed by atoms with E-state index in [0.717, 1.165) is 27.3 Å². The van der Waals surface area contributed by atoms with Crippen LogP contribution in [0.1, 0.15) is 30.5 Å². The number of aryl methyl sites for hydroxylation is 1. The summed E-state index contributed by atoms with van der Waals surface area (Å²) in [7, 11) is -2.44. The minimum Gasteiger partial charge on any atom is -0.495 e. The van der Waals surface area contributed by atoms with E-state index in [1.165, 1.54) is 12.0 Å². The molecule has 0 saturated heterocycles. The van der Waals surface area contributed by atoms with Gasteiger partial charge in [-0.3, -0.25) is 13.9 Å². The molecule has 1 atom stereocenters. The van der Waals surface area contributed by atoms with Gasteiger partial charge in [-0.15, -0.1) is 0 Å². The molecule has 3 aromatic rings. The molecule has 8 nitrogen and oxygen atoms in total. The molecule has 9 heteroatoms. The monoisotopic (exact) mass is 565 g/mol. The zero-order valence-electron chi connectivity index (χ0n) is 23.8. The quantitative estimate of drug-likeness (QED) is 0.336. The van der Waals surface area contributed by atoms with Crippen LogP contribution >= 0.6 is 0 Å². The minimum atomic E-state index is -3.88. The van der Waals surface area contributed by atoms with Crippen molar-refractivity contribution in [1.29, 1.82) is 0 Å². The van der Waals surface area contributed by atoms with Crippen LogP contribution in [0.3, 0.4) is 0 Å². The zero-order valence-corrected chi connectivity index (χ0v) is 24.6. The van der Waals surface area contributed by atoms with Gasteiger partial charge in [0.15, 0.2) is 0 Å². The van der Waals surface area contributed by atoms with Gasteiger partial charge in [-0.25, -0.2) is 8.42 Å². The number of nitrogens with one attached hydrogen (secondary N) is 1. The van der Waals surface area contributed by atoms with Crippen molar-refractivity contribution in [3.63, 3.8) is 0 Å². The molecule has 0 spiro atoms. The van der Waals surface area contributed by atoms with Crippen molar-refractivity contribution in [2.24, 2.45) is 5.92 Å². The van der Waals surface area contributed by atoms with Gasteiger partial charge in [-0.05, 0) is 41.7 Å². The number of carbonyl (C=O) groups excluding carboxylic acids is 2. The highest BCUT2D eigenvalue weighted by Gasteiger charge is 2.33. The summed E-state index contributed by atoms with van der Waals surface area (Å²) < 4.78 is 32.4. The first kappa shape index (κ1) is 30.7. The number of amides is 2. The van der Waals surface area contributed by atoms with Crippen LogP contribution in [0.25, 0.3) is 0 Å². The Hall–Kier alpha value is -3.85. The predicted molar refractivity (Wildman–Crippen MR) is 159 cm³/mol. The lowest BCUT2D eigenvalue weighted by molar-refractivity contribution is -0.140. The molecule has 1 N–H and O–H groups in total. The molecule has 0 radical (unpaired) electrons. The van der Waals surface area contributed by atoms with Crippen molar-refractivity contribution in [1.82, 2.24) is 10.2 Å². The van der Waals surface area contributed by atoms with Crippen molar-refractivity contribution >= 4 is 27.5 Å². The number of hydrogen-bond acceptors (Lipinski definition) is 5. The largest absolute Gasteiger partial charge is 0.495 e. The Kier molecular flexibility index (Phi) is 10.7. The maximum Gasteiger partial charge on any atom is 0.244 e. The van der Waals surface area contributed by atoms with Crippen molar-refractivity contribution in [2.75, 3.05) is 30.8 Å². The van der Waals surface area contributed by atoms with Gasteiger partial charge in [0.2, 0.25) is 21.8 Å². The van der Waals surface area contributed by atoms with E-state index in [0.29, 0.717) is 12.3 Å². The summed E-state index contributed by atoms with van der Waals surface area (Å²) in [4.78, 5) is 29.3. The molecular formula is C31H39N3O5S. The van der Waals surface area contributed by atoms with E-state index in [2.05, 4.69) is 5.32 Å². The van der Waals surface area contributed by atoms with Crippen molar-refractivity contribution in [3.8, 4) is 5.75 Å². The zero-order chi connectivity index (χ0) is 29.3. The van der Waals surface area contributed by atoms with Gasteiger partial charge < -0.3 is 15.0 Å². The third kappa shape index (κ3) is 8.32. The summed E-state index contributed by atoms with van der Waals surface area (Å²) in [5.74, 6) is -0.252. The fraction of sp³-hybridized carbons (Fsp3) is 0.355. The number of nitrogens with zero attached hydrogens (tertiary/aromatic N) is 2. The Morgan fingerprint density at radius 3 is 2.17 bits per heavy atom. The number of methoxy groups -OCH3 is 1. The van der Waals surface area contributed by atoms with Gasteiger partial charge >= 0.3 is 0 Å². The standard InChI is InChI=1S/C31H39N3O5S/c1-23(2)20-32-31(36)28(19-25-14-7-6-8-15-25)33(21-26-16-10-9-13-24(26)3)30(35)22-34(40(5,37)38)27-17-11-12-18-29(27)39-4/h6-18,23,28H,19-22H2,1-5H3,(H,32,36)/t28-/m1/s1. The number of carbonyl (C=O) groups is 2. The molecule has 0 bridgehead atoms. The number of benzene rings is 3. The highest BCUT2D eigenvalue weighted by Crippen LogP contribution is 2.30. The van der Waals surface area contributed by atoms with E-state index in [4.69, 9.17) is 4.74 Å². The van der Waals surface area contributed by atoms with Crippen molar-refractivity contribution in [3.05, 3.63) is 95.6 Å². The molecule has 0 unspecified atom stereocenters. The van der Waals surface area contributed by atoms with Gasteiger partial charge in [0.05, 0.1) is 19.1 Å². The highest BCUT2D eigenvalue weighted by atomic mass is 32.2. The van der Waals surface area contributed by atoms with Crippen LogP contribution < -0.4 is 14.4 Å². The van der Waals surface area contributed by atoms with Crippen LogP contribution in [-0.2, 0) is 32.6 Å². The smallest absolute Gasteiger partial charge is 0.244 e. The average molecular weight is 566 g/mol. The molecule has 0 aliphatic rings. The third-order valence-electron chi connectivity index (χ3n) is 6.59. The molecule has 0 saturated carbocycles. The fourth-order valence-corrected chi connectivity index (χ4v) is 5.23. The summed E-state index contributed by atoms with van der Waals surface area (Å²) in [6, 6.07) is 22.9. The second-order valence-electron chi connectivity index (χ2n) is 10.2. The Balaban J connectivity index is 2.08. The maximum absolute atomic E-state index is 14.2. The summed E-state index contributed by atoms with van der Waals surface area (Å²) in [6.07, 6.45) is 1.32. The van der Waals surface area contributed by atoms with Crippen LogP contribution in [-0.4, -0.2) is 57.6 Å². The van der Waals surface area contributed by atoms with Gasteiger partial charge in [0.25, 0.3) is 0 Å². The van der Waals surface area contributed by atoms with Gasteiger partial charge in [-0.2, -0.15) is 0 Å². The third-order valence-corrected chi connectivity index (χ3v) is 7.72. The molecule has 3 aromatic carbocycles. The average Bonchev–Trinajstić information content (AvgIpc) is 2.93. The van der Waals surface area contributed by atoms with Crippen LogP contribution in [0.2, 0.25) is 0 Å². The van der Waals surface area contributed by atoms with Gasteiger partial charge in [-0.1, -0.05) is 80.6 Å². The molecule has 2 amide bonds. The van der Waals surface area contributed by atoms with Crippen molar-refractivity contribution in [2.45, 2.75) is 39.8 Å². The number of hydrogen-bond donors (Lipinski definition) is 1. The van der Waals surface area contributed by atoms with E-state index in [1.54, 1.807) is 24.3 Å². The van der Waals surface area contributed by atoms with E-state index in [9.17, 15) is 18.0 Å². The van der Waals surface area contributed by atoms with Crippen LogP contribution in [0, 0.1) is 12.8 Å². The van der Waals surface area contributed by atoms with Crippen LogP contribution in [0.4, 0.5) is 5.69 Å². The topological polar surface area (TPSA) is 96.0 Å². The lowest BCUT2D eigenvalue weighted by Gasteiger charge is -2.34. The first-order valence-corrected chi connectivity index (χ1v) is 15.1. The molecule has 40 heavy (non-hydrogen) atoms. The summed E-state index contributed by atoms with van der Waals surface area (Å²) in [5.41, 5.74) is 2.97. The molecule has 0 aliphatic carbocycles. The first-order valence-electron chi connectivity index (χ1n) is 13.3. The molecule has 214 valence electrons. The Bertz CT molecular complexity index is 1390. The van der Waals surface area contributed by atoms with Gasteiger partial charge in [0.1, 0.15) is 18.3 Å². The SMILES string of the molecule is COc1ccccc1N(CC(=O)N(Cc1ccccc1C)[C@H](Cc1ccccc1)C(=O)NCC(C)C)S(C)(=O)=O. The maximum atomic E-state index is 14.2. The van der Waals surface area contributed by atoms with Crippen molar-refractivity contribution < 1.29 is 22.7 Å². The first-order chi connectivity index (χ1) is 19.0. The van der Waals surface area contributed by atoms with E-state index >= 15 is 0 Å². The number of anilines is 1. The summed E-state index contributed by atoms with van der Waals surface area (Å²) in [5, 5.41) is 2.99. The number of sulfonamides is 1. The molecule has 0 aliphatic heterocycles. The molecular weight excluding hydrogens is 526 g/mol. The molecule has 0 fully saturated rings. The van der Waals surface area contributed by atoms with E-state index in [-0.39, 0.29) is 30.5 Å². The fourth-order valence-electron chi connectivity index (χ4n) is 4.38. The Morgan fingerprint density at radius 2 is 1.55 bits per heavy atom. The Labute approximate surface area is 238 Å². The van der Waals surface area contributed by atoms with E-state index in [1.807, 2.05) is 75.4 Å². The number of para-hydroxylation sites is 2. The number of rotatable bonds is 13. The molecule has 0 aromatic heterocycles. The highest BCUT2D eigenvalue weighted by molar-refractivity contribution is 7.92. The summed E-state index contributed by atoms with van der Waals surface area (Å²) in [6.45, 7) is 6.04. The van der Waals surface area contributed by atoms with Crippen LogP contribution in [0.5, 0.6) is 5.75 Å². The molecule has 3 rings (SSSR count). The number of ether oxygens (including phenoxy) is 1.